The molecule has 2 unspecified atom stereocenters. The van der Waals surface area contributed by atoms with Gasteiger partial charge in [-0.05, 0) is 77.0 Å². The monoisotopic (exact) mass is 1250 g/mol. The lowest BCUT2D eigenvalue weighted by atomic mass is 10.0. The van der Waals surface area contributed by atoms with Gasteiger partial charge in [0.2, 0.25) is 5.91 Å². The Hall–Kier alpha value is -1.92. The molecule has 0 spiro atoms. The normalized spacial score (nSPS) is 12.6. The number of esters is 1. The first-order valence-corrected chi connectivity index (χ1v) is 40.7. The summed E-state index contributed by atoms with van der Waals surface area (Å²) >= 11 is 0. The Kier molecular flexibility index (Phi) is 76.8. The van der Waals surface area contributed by atoms with E-state index in [9.17, 15) is 19.8 Å². The third-order valence-corrected chi connectivity index (χ3v) is 19.1. The third kappa shape index (κ3) is 75.0. The topological polar surface area (TPSA) is 95.9 Å². The van der Waals surface area contributed by atoms with Crippen molar-refractivity contribution in [2.45, 2.75) is 469 Å². The van der Waals surface area contributed by atoms with Crippen molar-refractivity contribution in [3.05, 3.63) is 36.5 Å². The average Bonchev–Trinajstić information content (AvgIpc) is 3.55. The van der Waals surface area contributed by atoms with Gasteiger partial charge in [-0.15, -0.1) is 0 Å². The summed E-state index contributed by atoms with van der Waals surface area (Å²) in [6, 6.07) is -0.539. The molecular formula is C83H159NO5. The number of nitrogens with one attached hydrogen (secondary N) is 1. The van der Waals surface area contributed by atoms with E-state index in [-0.39, 0.29) is 18.5 Å². The molecule has 0 aromatic rings. The second-order valence-electron chi connectivity index (χ2n) is 28.1. The zero-order valence-electron chi connectivity index (χ0n) is 60.4. The van der Waals surface area contributed by atoms with E-state index in [0.717, 1.165) is 51.4 Å². The maximum absolute atomic E-state index is 12.6. The summed E-state index contributed by atoms with van der Waals surface area (Å²) in [7, 11) is 0. The Bertz CT molecular complexity index is 1440. The number of rotatable bonds is 77. The third-order valence-electron chi connectivity index (χ3n) is 19.1. The van der Waals surface area contributed by atoms with Gasteiger partial charge in [0, 0.05) is 12.8 Å². The van der Waals surface area contributed by atoms with Crippen molar-refractivity contribution >= 4 is 11.9 Å². The quantitative estimate of drug-likeness (QED) is 0.0320. The van der Waals surface area contributed by atoms with Crippen molar-refractivity contribution in [2.24, 2.45) is 0 Å². The molecule has 2 atom stereocenters. The van der Waals surface area contributed by atoms with Gasteiger partial charge in [0.25, 0.3) is 0 Å². The van der Waals surface area contributed by atoms with Gasteiger partial charge >= 0.3 is 5.97 Å². The molecule has 0 heterocycles. The van der Waals surface area contributed by atoms with Crippen LogP contribution in [-0.4, -0.2) is 47.4 Å². The van der Waals surface area contributed by atoms with Gasteiger partial charge in [-0.2, -0.15) is 0 Å². The van der Waals surface area contributed by atoms with Crippen LogP contribution in [0.15, 0.2) is 36.5 Å². The molecule has 0 radical (unpaired) electrons. The highest BCUT2D eigenvalue weighted by Crippen LogP contribution is 2.20. The highest BCUT2D eigenvalue weighted by molar-refractivity contribution is 5.76. The first-order chi connectivity index (χ1) is 44.0. The number of hydrogen-bond donors (Lipinski definition) is 3. The molecule has 0 bridgehead atoms. The number of hydrogen-bond acceptors (Lipinski definition) is 5. The van der Waals surface area contributed by atoms with Crippen LogP contribution in [0, 0.1) is 0 Å². The molecule has 0 aliphatic rings. The molecule has 89 heavy (non-hydrogen) atoms. The maximum Gasteiger partial charge on any atom is 0.305 e. The molecule has 0 aromatic carbocycles. The molecule has 0 saturated heterocycles. The molecule has 0 aliphatic carbocycles. The summed E-state index contributed by atoms with van der Waals surface area (Å²) < 4.78 is 5.48. The molecule has 0 fully saturated rings. The van der Waals surface area contributed by atoms with Crippen LogP contribution in [0.5, 0.6) is 0 Å². The highest BCUT2D eigenvalue weighted by atomic mass is 16.5. The lowest BCUT2D eigenvalue weighted by Gasteiger charge is -2.22. The second-order valence-corrected chi connectivity index (χ2v) is 28.1. The molecule has 526 valence electrons. The fourth-order valence-electron chi connectivity index (χ4n) is 13.0. The van der Waals surface area contributed by atoms with E-state index in [2.05, 4.69) is 55.6 Å². The van der Waals surface area contributed by atoms with Crippen molar-refractivity contribution in [1.82, 2.24) is 5.32 Å². The van der Waals surface area contributed by atoms with Crippen molar-refractivity contribution < 1.29 is 24.5 Å². The van der Waals surface area contributed by atoms with Gasteiger partial charge in [0.1, 0.15) is 0 Å². The average molecular weight is 1250 g/mol. The number of unbranched alkanes of at least 4 members (excludes halogenated alkanes) is 60. The molecule has 6 heteroatoms. The minimum Gasteiger partial charge on any atom is -0.466 e. The maximum atomic E-state index is 12.6. The van der Waals surface area contributed by atoms with Crippen molar-refractivity contribution in [1.29, 1.82) is 0 Å². The lowest BCUT2D eigenvalue weighted by Crippen LogP contribution is -2.45. The Morgan fingerprint density at radius 2 is 0.584 bits per heavy atom. The van der Waals surface area contributed by atoms with Gasteiger partial charge in [-0.25, -0.2) is 0 Å². The second kappa shape index (κ2) is 78.5. The summed E-state index contributed by atoms with van der Waals surface area (Å²) in [5, 5.41) is 23.5. The molecule has 6 nitrogen and oxygen atoms in total. The molecule has 0 saturated carbocycles. The Balaban J connectivity index is 3.33. The van der Waals surface area contributed by atoms with Gasteiger partial charge in [0.05, 0.1) is 25.4 Å². The molecule has 3 N–H and O–H groups in total. The zero-order valence-corrected chi connectivity index (χ0v) is 60.4. The van der Waals surface area contributed by atoms with Crippen LogP contribution in [0.2, 0.25) is 0 Å². The molecule has 0 rings (SSSR count). The van der Waals surface area contributed by atoms with E-state index in [0.29, 0.717) is 25.9 Å². The number of aliphatic hydroxyl groups is 2. The van der Waals surface area contributed by atoms with Crippen LogP contribution < -0.4 is 5.32 Å². The lowest BCUT2D eigenvalue weighted by molar-refractivity contribution is -0.143. The van der Waals surface area contributed by atoms with E-state index in [4.69, 9.17) is 4.74 Å². The van der Waals surface area contributed by atoms with E-state index in [1.165, 1.54) is 372 Å². The Morgan fingerprint density at radius 1 is 0.315 bits per heavy atom. The SMILES string of the molecule is CCC/C=C\C/C=C\CCCCCCCC(=O)OCCCCCCCCCCCCCCCCCCCC/C=C\CCCCCCCCCCCCCCCCCCCC(=O)NC(CO)C(O)CCCCCCCCCCCCCCCCCCCCCC. The van der Waals surface area contributed by atoms with Crippen molar-refractivity contribution in [3.63, 3.8) is 0 Å². The molecular weight excluding hydrogens is 1090 g/mol. The minimum absolute atomic E-state index is 0.00759. The van der Waals surface area contributed by atoms with Crippen LogP contribution in [0.3, 0.4) is 0 Å². The van der Waals surface area contributed by atoms with Crippen molar-refractivity contribution in [3.8, 4) is 0 Å². The van der Waals surface area contributed by atoms with E-state index < -0.39 is 12.1 Å². The molecule has 0 aromatic heterocycles. The minimum atomic E-state index is -0.662. The van der Waals surface area contributed by atoms with Gasteiger partial charge in [0.15, 0.2) is 0 Å². The number of allylic oxidation sites excluding steroid dienone is 6. The van der Waals surface area contributed by atoms with Crippen LogP contribution >= 0.6 is 0 Å². The van der Waals surface area contributed by atoms with E-state index in [1.54, 1.807) is 0 Å². The predicted molar refractivity (Wildman–Crippen MR) is 393 cm³/mol. The molecule has 1 amide bonds. The smallest absolute Gasteiger partial charge is 0.305 e. The summed E-state index contributed by atoms with van der Waals surface area (Å²) in [6.07, 6.45) is 103. The number of carbonyl (C=O) groups is 2. The van der Waals surface area contributed by atoms with Crippen LogP contribution in [-0.2, 0) is 14.3 Å². The first kappa shape index (κ1) is 87.1. The van der Waals surface area contributed by atoms with E-state index in [1.807, 2.05) is 0 Å². The number of ether oxygens (including phenoxy) is 1. The fourth-order valence-corrected chi connectivity index (χ4v) is 13.0. The van der Waals surface area contributed by atoms with Crippen LogP contribution in [0.25, 0.3) is 0 Å². The van der Waals surface area contributed by atoms with E-state index >= 15 is 0 Å². The summed E-state index contributed by atoms with van der Waals surface area (Å²) in [5.74, 6) is -0.0180. The number of aliphatic hydroxyl groups excluding tert-OH is 2. The van der Waals surface area contributed by atoms with Gasteiger partial charge in [-0.3, -0.25) is 9.59 Å². The predicted octanol–water partition coefficient (Wildman–Crippen LogP) is 27.0. The Labute approximate surface area is 557 Å². The largest absolute Gasteiger partial charge is 0.466 e. The number of carbonyl (C=O) groups excluding carboxylic acids is 2. The van der Waals surface area contributed by atoms with Crippen LogP contribution in [0.1, 0.15) is 457 Å². The van der Waals surface area contributed by atoms with Gasteiger partial charge in [-0.1, -0.05) is 403 Å². The first-order valence-electron chi connectivity index (χ1n) is 40.7. The number of amides is 1. The summed E-state index contributed by atoms with van der Waals surface area (Å²) in [5.41, 5.74) is 0. The summed E-state index contributed by atoms with van der Waals surface area (Å²) in [4.78, 5) is 24.6. The summed E-state index contributed by atoms with van der Waals surface area (Å²) in [6.45, 7) is 4.93. The Morgan fingerprint density at radius 3 is 0.910 bits per heavy atom. The zero-order chi connectivity index (χ0) is 64.2. The fraction of sp³-hybridized carbons (Fsp3) is 0.904. The van der Waals surface area contributed by atoms with Crippen LogP contribution in [0.4, 0.5) is 0 Å². The van der Waals surface area contributed by atoms with Crippen molar-refractivity contribution in [2.75, 3.05) is 13.2 Å². The van der Waals surface area contributed by atoms with Gasteiger partial charge < -0.3 is 20.3 Å². The highest BCUT2D eigenvalue weighted by Gasteiger charge is 2.20. The standard InChI is InChI=1S/C83H159NO5/c1-3-5-7-9-11-13-15-17-18-19-20-42-45-48-52-55-59-63-67-71-75-81(86)80(79-85)84-82(87)76-72-68-64-60-56-53-49-46-43-40-38-36-34-32-30-28-26-24-22-21-23-25-27-29-31-33-35-37-39-41-44-47-50-54-58-62-66-70-74-78-89-83(88)77-73-69-65-61-57-51-16-14-12-10-8-6-4-2/h8,10,14,16,21-22,80-81,85-86H,3-7,9,11-13,15,17-20,23-79H2,1-2H3,(H,84,87)/b10-8-,16-14-,22-21-. The molecule has 0 aliphatic heterocycles.